The van der Waals surface area contributed by atoms with Crippen molar-refractivity contribution in [3.63, 3.8) is 0 Å². The Morgan fingerprint density at radius 2 is 1.52 bits per heavy atom. The van der Waals surface area contributed by atoms with Crippen molar-refractivity contribution < 1.29 is 28.6 Å². The van der Waals surface area contributed by atoms with Gasteiger partial charge >= 0.3 is 17.9 Å². The summed E-state index contributed by atoms with van der Waals surface area (Å²) in [5.41, 5.74) is 0. The Hall–Kier alpha value is -2.95. The molecule has 8 nitrogen and oxygen atoms in total. The van der Waals surface area contributed by atoms with Gasteiger partial charge in [-0.2, -0.15) is 0 Å². The van der Waals surface area contributed by atoms with Gasteiger partial charge in [0, 0.05) is 37.0 Å². The lowest BCUT2D eigenvalue weighted by molar-refractivity contribution is -0.135. The summed E-state index contributed by atoms with van der Waals surface area (Å²) in [4.78, 5) is 37.9. The number of esters is 3. The molecule has 0 aliphatic carbocycles. The molecule has 0 bridgehead atoms. The summed E-state index contributed by atoms with van der Waals surface area (Å²) in [7, 11) is 3.84. The lowest BCUT2D eigenvalue weighted by atomic mass is 10.2. The molecule has 0 aromatic rings. The van der Waals surface area contributed by atoms with Gasteiger partial charge in [0.15, 0.2) is 0 Å². The van der Waals surface area contributed by atoms with E-state index in [1.807, 2.05) is 18.7 Å². The molecule has 0 rings (SSSR count). The molecule has 8 heteroatoms. The minimum Gasteiger partial charge on any atom is -0.466 e. The highest BCUT2D eigenvalue weighted by molar-refractivity contribution is 5.88. The third-order valence-electron chi connectivity index (χ3n) is 3.66. The zero-order valence-corrected chi connectivity index (χ0v) is 16.7. The predicted molar refractivity (Wildman–Crippen MR) is 99.9 cm³/mol. The van der Waals surface area contributed by atoms with Gasteiger partial charge in [0.2, 0.25) is 0 Å². The minimum atomic E-state index is -0.648. The summed E-state index contributed by atoms with van der Waals surface area (Å²) >= 11 is 0. The average Bonchev–Trinajstić information content (AvgIpc) is 2.69. The molecular weight excluding hydrogens is 352 g/mol. The highest BCUT2D eigenvalue weighted by Crippen LogP contribution is 2.15. The van der Waals surface area contributed by atoms with E-state index in [1.54, 1.807) is 24.2 Å². The number of carbonyl (C=O) groups is 3. The van der Waals surface area contributed by atoms with Crippen LogP contribution in [0.2, 0.25) is 0 Å². The number of rotatable bonds is 9. The number of carbonyl (C=O) groups excluding carboxylic acids is 3. The summed E-state index contributed by atoms with van der Waals surface area (Å²) in [6.45, 7) is 6.26. The quantitative estimate of drug-likeness (QED) is 0.148. The van der Waals surface area contributed by atoms with E-state index in [1.165, 1.54) is 33.5 Å². The van der Waals surface area contributed by atoms with Gasteiger partial charge < -0.3 is 24.0 Å². The Balaban J connectivity index is 5.79. The molecule has 0 saturated carbocycles. The molecule has 0 amide bonds. The van der Waals surface area contributed by atoms with Crippen molar-refractivity contribution >= 4 is 17.9 Å². The molecule has 0 saturated heterocycles. The van der Waals surface area contributed by atoms with Gasteiger partial charge in [0.25, 0.3) is 0 Å². The van der Waals surface area contributed by atoms with Crippen molar-refractivity contribution in [2.24, 2.45) is 0 Å². The number of hydrogen-bond donors (Lipinski definition) is 0. The van der Waals surface area contributed by atoms with E-state index in [2.05, 4.69) is 26.1 Å². The van der Waals surface area contributed by atoms with Crippen LogP contribution in [-0.4, -0.2) is 67.8 Å². The highest BCUT2D eigenvalue weighted by atomic mass is 16.5. The molecule has 0 radical (unpaired) electrons. The van der Waals surface area contributed by atoms with Crippen molar-refractivity contribution in [1.29, 1.82) is 0 Å². The standard InChI is InChI=1S/C19H28N2O6/c1-7-16(20(8-2)13-11-18(23)26-5)21(14-12-19(24)27-6)15(3)9-10-17(22)25-4/h11-16H,7-8H2,1-6H3/b13-11+,14-12+. The lowest BCUT2D eigenvalue weighted by Gasteiger charge is -2.39. The van der Waals surface area contributed by atoms with Crippen molar-refractivity contribution in [1.82, 2.24) is 9.80 Å². The molecule has 0 spiro atoms. The molecule has 0 N–H and O–H groups in total. The number of nitrogens with zero attached hydrogens (tertiary/aromatic N) is 2. The maximum Gasteiger partial charge on any atom is 0.384 e. The van der Waals surface area contributed by atoms with Gasteiger partial charge in [-0.1, -0.05) is 12.8 Å². The van der Waals surface area contributed by atoms with Crippen LogP contribution in [0.15, 0.2) is 24.6 Å². The van der Waals surface area contributed by atoms with Gasteiger partial charge in [0.05, 0.1) is 27.4 Å². The molecule has 2 unspecified atom stereocenters. The fraction of sp³-hybridized carbons (Fsp3) is 0.526. The Morgan fingerprint density at radius 1 is 0.963 bits per heavy atom. The first kappa shape index (κ1) is 24.1. The summed E-state index contributed by atoms with van der Waals surface area (Å²) < 4.78 is 13.8. The summed E-state index contributed by atoms with van der Waals surface area (Å²) in [5, 5.41) is 0. The average molecular weight is 380 g/mol. The van der Waals surface area contributed by atoms with E-state index >= 15 is 0 Å². The maximum absolute atomic E-state index is 11.5. The molecule has 150 valence electrons. The Morgan fingerprint density at radius 3 is 1.96 bits per heavy atom. The largest absolute Gasteiger partial charge is 0.466 e. The second-order valence-electron chi connectivity index (χ2n) is 5.28. The first-order valence-electron chi connectivity index (χ1n) is 8.49. The van der Waals surface area contributed by atoms with E-state index in [9.17, 15) is 14.4 Å². The van der Waals surface area contributed by atoms with Crippen molar-refractivity contribution in [3.8, 4) is 11.8 Å². The monoisotopic (exact) mass is 380 g/mol. The van der Waals surface area contributed by atoms with Crippen molar-refractivity contribution in [3.05, 3.63) is 24.6 Å². The molecule has 2 atom stereocenters. The van der Waals surface area contributed by atoms with Crippen LogP contribution in [-0.2, 0) is 28.6 Å². The molecule has 0 fully saturated rings. The second kappa shape index (κ2) is 13.3. The van der Waals surface area contributed by atoms with Crippen LogP contribution >= 0.6 is 0 Å². The molecule has 27 heavy (non-hydrogen) atoms. The molecule has 0 heterocycles. The fourth-order valence-corrected chi connectivity index (χ4v) is 2.25. The van der Waals surface area contributed by atoms with Crippen LogP contribution in [0.5, 0.6) is 0 Å². The van der Waals surface area contributed by atoms with E-state index in [0.29, 0.717) is 13.0 Å². The van der Waals surface area contributed by atoms with E-state index < -0.39 is 23.9 Å². The van der Waals surface area contributed by atoms with Gasteiger partial charge in [0.1, 0.15) is 6.17 Å². The smallest absolute Gasteiger partial charge is 0.384 e. The van der Waals surface area contributed by atoms with E-state index in [0.717, 1.165) is 0 Å². The topological polar surface area (TPSA) is 85.4 Å². The highest BCUT2D eigenvalue weighted by Gasteiger charge is 2.22. The first-order chi connectivity index (χ1) is 12.8. The fourth-order valence-electron chi connectivity index (χ4n) is 2.25. The van der Waals surface area contributed by atoms with Crippen LogP contribution in [0.3, 0.4) is 0 Å². The van der Waals surface area contributed by atoms with Crippen LogP contribution in [0.25, 0.3) is 0 Å². The minimum absolute atomic E-state index is 0.237. The number of ether oxygens (including phenoxy) is 3. The lowest BCUT2D eigenvalue weighted by Crippen LogP contribution is -2.46. The van der Waals surface area contributed by atoms with Crippen molar-refractivity contribution in [2.45, 2.75) is 39.4 Å². The molecule has 0 aromatic heterocycles. The van der Waals surface area contributed by atoms with Crippen LogP contribution in [0, 0.1) is 11.8 Å². The SMILES string of the molecule is CCC(N(/C=C/C(=O)OC)CC)N(/C=C/C(=O)OC)C(C)C#CC(=O)OC. The van der Waals surface area contributed by atoms with E-state index in [-0.39, 0.29) is 6.17 Å². The normalized spacial score (nSPS) is 12.7. The molecular formula is C19H28N2O6. The third-order valence-corrected chi connectivity index (χ3v) is 3.66. The van der Waals surface area contributed by atoms with Crippen LogP contribution in [0.1, 0.15) is 27.2 Å². The van der Waals surface area contributed by atoms with Gasteiger partial charge in [-0.3, -0.25) is 0 Å². The van der Waals surface area contributed by atoms with Crippen LogP contribution < -0.4 is 0 Å². The third kappa shape index (κ3) is 8.81. The summed E-state index contributed by atoms with van der Waals surface area (Å²) in [6.07, 6.45) is 6.19. The molecule has 0 aromatic carbocycles. The van der Waals surface area contributed by atoms with Gasteiger partial charge in [-0.15, -0.1) is 0 Å². The Bertz CT molecular complexity index is 617. The molecule has 0 aliphatic heterocycles. The van der Waals surface area contributed by atoms with E-state index in [4.69, 9.17) is 0 Å². The maximum atomic E-state index is 11.5. The Labute approximate surface area is 160 Å². The zero-order valence-electron chi connectivity index (χ0n) is 16.7. The first-order valence-corrected chi connectivity index (χ1v) is 8.49. The molecule has 0 aliphatic rings. The predicted octanol–water partition coefficient (Wildman–Crippen LogP) is 1.28. The van der Waals surface area contributed by atoms with Gasteiger partial charge in [-0.05, 0) is 20.3 Å². The number of methoxy groups -OCH3 is 3. The Kier molecular flexibility index (Phi) is 11.8. The summed E-state index contributed by atoms with van der Waals surface area (Å²) in [6, 6.07) is -0.421. The second-order valence-corrected chi connectivity index (χ2v) is 5.28. The van der Waals surface area contributed by atoms with Crippen LogP contribution in [0.4, 0.5) is 0 Å². The van der Waals surface area contributed by atoms with Crippen molar-refractivity contribution in [2.75, 3.05) is 27.9 Å². The van der Waals surface area contributed by atoms with Gasteiger partial charge in [-0.25, -0.2) is 14.4 Å². The summed E-state index contributed by atoms with van der Waals surface area (Å²) in [5.74, 6) is 3.56. The number of hydrogen-bond acceptors (Lipinski definition) is 8. The zero-order chi connectivity index (χ0) is 20.8.